The number of carboxylic acid groups (broad SMARTS) is 1. The minimum atomic E-state index is -0.846. The van der Waals surface area contributed by atoms with E-state index < -0.39 is 17.3 Å². The molecule has 132 valence electrons. The number of carbonyl (C=O) groups is 2. The number of benzene rings is 1. The smallest absolute Gasteiger partial charge is 0.308 e. The summed E-state index contributed by atoms with van der Waals surface area (Å²) >= 11 is 0. The third kappa shape index (κ3) is 3.18. The van der Waals surface area contributed by atoms with Crippen LogP contribution in [0.2, 0.25) is 0 Å². The first kappa shape index (κ1) is 18.1. The highest BCUT2D eigenvalue weighted by Gasteiger charge is 2.42. The number of nitrogens with zero attached hydrogens (tertiary/aromatic N) is 1. The van der Waals surface area contributed by atoms with E-state index in [0.29, 0.717) is 18.0 Å². The van der Waals surface area contributed by atoms with Gasteiger partial charge in [0.2, 0.25) is 5.91 Å². The highest BCUT2D eigenvalue weighted by atomic mass is 16.5. The summed E-state index contributed by atoms with van der Waals surface area (Å²) in [5, 5.41) is 9.26. The number of carboxylic acids is 1. The number of methoxy groups -OCH3 is 2. The summed E-state index contributed by atoms with van der Waals surface area (Å²) in [7, 11) is 3.11. The van der Waals surface area contributed by atoms with Crippen molar-refractivity contribution >= 4 is 11.9 Å². The monoisotopic (exact) mass is 335 g/mol. The molecule has 6 nitrogen and oxygen atoms in total. The normalized spacial score (nSPS) is 20.8. The summed E-state index contributed by atoms with van der Waals surface area (Å²) in [5.41, 5.74) is 0.0173. The Kier molecular flexibility index (Phi) is 5.06. The third-order valence-corrected chi connectivity index (χ3v) is 4.86. The largest absolute Gasteiger partial charge is 0.493 e. The molecule has 0 spiro atoms. The quantitative estimate of drug-likeness (QED) is 0.892. The zero-order valence-corrected chi connectivity index (χ0v) is 14.8. The standard InChI is InChI=1S/C18H25NO5/c1-11-9-19(10-13(11)16(20)21)17(22)18(2,3)12-6-7-14(23-4)15(8-12)24-5/h6-8,11,13H,9-10H2,1-5H3,(H,20,21)/t11-,13-/m1/s1. The van der Waals surface area contributed by atoms with Crippen molar-refractivity contribution in [2.75, 3.05) is 27.3 Å². The van der Waals surface area contributed by atoms with Gasteiger partial charge >= 0.3 is 5.97 Å². The van der Waals surface area contributed by atoms with E-state index in [9.17, 15) is 14.7 Å². The molecule has 1 saturated heterocycles. The molecule has 0 bridgehead atoms. The van der Waals surface area contributed by atoms with E-state index in [-0.39, 0.29) is 18.4 Å². The van der Waals surface area contributed by atoms with Crippen molar-refractivity contribution in [2.45, 2.75) is 26.2 Å². The maximum absolute atomic E-state index is 13.0. The molecule has 1 aromatic carbocycles. The van der Waals surface area contributed by atoms with Crippen LogP contribution in [0, 0.1) is 11.8 Å². The molecule has 2 rings (SSSR count). The number of ether oxygens (including phenoxy) is 2. The molecule has 1 aliphatic rings. The third-order valence-electron chi connectivity index (χ3n) is 4.86. The van der Waals surface area contributed by atoms with Crippen molar-refractivity contribution in [3.63, 3.8) is 0 Å². The molecule has 0 saturated carbocycles. The lowest BCUT2D eigenvalue weighted by Crippen LogP contribution is -2.42. The zero-order valence-electron chi connectivity index (χ0n) is 14.8. The van der Waals surface area contributed by atoms with Crippen LogP contribution in [0.5, 0.6) is 11.5 Å². The molecule has 1 aliphatic heterocycles. The van der Waals surface area contributed by atoms with Gasteiger partial charge in [-0.2, -0.15) is 0 Å². The van der Waals surface area contributed by atoms with Crippen molar-refractivity contribution in [3.05, 3.63) is 23.8 Å². The molecular formula is C18H25NO5. The minimum absolute atomic E-state index is 0.0485. The Bertz CT molecular complexity index is 640. The lowest BCUT2D eigenvalue weighted by Gasteiger charge is -2.30. The molecule has 2 atom stereocenters. The van der Waals surface area contributed by atoms with E-state index in [1.807, 2.05) is 26.8 Å². The van der Waals surface area contributed by atoms with Gasteiger partial charge in [-0.15, -0.1) is 0 Å². The van der Waals surface area contributed by atoms with Gasteiger partial charge in [-0.1, -0.05) is 13.0 Å². The number of amides is 1. The summed E-state index contributed by atoms with van der Waals surface area (Å²) in [5.74, 6) is -0.311. The van der Waals surface area contributed by atoms with Crippen molar-refractivity contribution in [3.8, 4) is 11.5 Å². The first-order chi connectivity index (χ1) is 11.2. The van der Waals surface area contributed by atoms with Gasteiger partial charge in [0.25, 0.3) is 0 Å². The Balaban J connectivity index is 2.27. The van der Waals surface area contributed by atoms with Crippen LogP contribution in [0.3, 0.4) is 0 Å². The number of rotatable bonds is 5. The number of carbonyl (C=O) groups excluding carboxylic acids is 1. The molecule has 0 aliphatic carbocycles. The molecule has 1 fully saturated rings. The van der Waals surface area contributed by atoms with E-state index in [1.165, 1.54) is 0 Å². The fourth-order valence-corrected chi connectivity index (χ4v) is 3.20. The Morgan fingerprint density at radius 1 is 1.17 bits per heavy atom. The van der Waals surface area contributed by atoms with Crippen molar-refractivity contribution in [1.29, 1.82) is 0 Å². The number of aliphatic carboxylic acids is 1. The fraction of sp³-hybridized carbons (Fsp3) is 0.556. The topological polar surface area (TPSA) is 76.1 Å². The molecule has 1 N–H and O–H groups in total. The highest BCUT2D eigenvalue weighted by molar-refractivity contribution is 5.88. The van der Waals surface area contributed by atoms with Gasteiger partial charge < -0.3 is 19.5 Å². The second-order valence-electron chi connectivity index (χ2n) is 6.83. The van der Waals surface area contributed by atoms with Gasteiger partial charge in [-0.3, -0.25) is 9.59 Å². The van der Waals surface area contributed by atoms with E-state index >= 15 is 0 Å². The minimum Gasteiger partial charge on any atom is -0.493 e. The van der Waals surface area contributed by atoms with Crippen LogP contribution in [0.15, 0.2) is 18.2 Å². The van der Waals surface area contributed by atoms with Crippen molar-refractivity contribution in [1.82, 2.24) is 4.90 Å². The molecular weight excluding hydrogens is 310 g/mol. The second kappa shape index (κ2) is 6.71. The van der Waals surface area contributed by atoms with Gasteiger partial charge in [0, 0.05) is 13.1 Å². The molecule has 1 amide bonds. The van der Waals surface area contributed by atoms with Gasteiger partial charge in [0.1, 0.15) is 0 Å². The first-order valence-electron chi connectivity index (χ1n) is 7.97. The number of hydrogen-bond acceptors (Lipinski definition) is 4. The molecule has 24 heavy (non-hydrogen) atoms. The average molecular weight is 335 g/mol. The maximum Gasteiger partial charge on any atom is 0.308 e. The Hall–Kier alpha value is -2.24. The van der Waals surface area contributed by atoms with E-state index in [2.05, 4.69) is 0 Å². The van der Waals surface area contributed by atoms with Crippen molar-refractivity contribution in [2.24, 2.45) is 11.8 Å². The van der Waals surface area contributed by atoms with Crippen molar-refractivity contribution < 1.29 is 24.2 Å². The molecule has 0 aromatic heterocycles. The summed E-state index contributed by atoms with van der Waals surface area (Å²) in [6.45, 7) is 6.28. The van der Waals surface area contributed by atoms with Gasteiger partial charge in [0.05, 0.1) is 25.6 Å². The van der Waals surface area contributed by atoms with Crippen LogP contribution >= 0.6 is 0 Å². The Labute approximate surface area is 142 Å². The number of hydrogen-bond donors (Lipinski definition) is 1. The van der Waals surface area contributed by atoms with Gasteiger partial charge in [-0.25, -0.2) is 0 Å². The fourth-order valence-electron chi connectivity index (χ4n) is 3.20. The predicted molar refractivity (Wildman–Crippen MR) is 89.4 cm³/mol. The van der Waals surface area contributed by atoms with Crippen LogP contribution in [-0.4, -0.2) is 49.2 Å². The zero-order chi connectivity index (χ0) is 18.1. The maximum atomic E-state index is 13.0. The van der Waals surface area contributed by atoms with E-state index in [4.69, 9.17) is 9.47 Å². The van der Waals surface area contributed by atoms with Crippen LogP contribution < -0.4 is 9.47 Å². The van der Waals surface area contributed by atoms with Crippen LogP contribution in [0.25, 0.3) is 0 Å². The van der Waals surface area contributed by atoms with Gasteiger partial charge in [0.15, 0.2) is 11.5 Å². The molecule has 1 aromatic rings. The Morgan fingerprint density at radius 3 is 2.29 bits per heavy atom. The summed E-state index contributed by atoms with van der Waals surface area (Å²) in [6.07, 6.45) is 0. The van der Waals surface area contributed by atoms with Crippen LogP contribution in [0.4, 0.5) is 0 Å². The second-order valence-corrected chi connectivity index (χ2v) is 6.83. The average Bonchev–Trinajstić information content (AvgIpc) is 2.95. The van der Waals surface area contributed by atoms with E-state index in [0.717, 1.165) is 5.56 Å². The van der Waals surface area contributed by atoms with Crippen LogP contribution in [0.1, 0.15) is 26.3 Å². The molecule has 0 radical (unpaired) electrons. The predicted octanol–water partition coefficient (Wildman–Crippen LogP) is 2.16. The lowest BCUT2D eigenvalue weighted by atomic mass is 9.83. The lowest BCUT2D eigenvalue weighted by molar-refractivity contribution is -0.142. The molecule has 1 heterocycles. The molecule has 0 unspecified atom stereocenters. The first-order valence-corrected chi connectivity index (χ1v) is 7.97. The van der Waals surface area contributed by atoms with E-state index in [1.54, 1.807) is 31.3 Å². The SMILES string of the molecule is COc1ccc(C(C)(C)C(=O)N2C[C@@H](C)[C@H](C(=O)O)C2)cc1OC. The molecule has 6 heteroatoms. The summed E-state index contributed by atoms with van der Waals surface area (Å²) in [6, 6.07) is 5.41. The Morgan fingerprint density at radius 2 is 1.79 bits per heavy atom. The van der Waals surface area contributed by atoms with Crippen LogP contribution in [-0.2, 0) is 15.0 Å². The number of likely N-dealkylation sites (tertiary alicyclic amines) is 1. The summed E-state index contributed by atoms with van der Waals surface area (Å²) < 4.78 is 10.5. The van der Waals surface area contributed by atoms with Gasteiger partial charge in [-0.05, 0) is 37.5 Å². The summed E-state index contributed by atoms with van der Waals surface area (Å²) in [4.78, 5) is 25.9. The highest BCUT2D eigenvalue weighted by Crippen LogP contribution is 2.35.